The van der Waals surface area contributed by atoms with Gasteiger partial charge in [0.2, 0.25) is 0 Å². The van der Waals surface area contributed by atoms with E-state index in [0.717, 1.165) is 0 Å². The van der Waals surface area contributed by atoms with E-state index < -0.39 is 0 Å². The standard InChI is InChI=1S/C17H14N4O2/c1-11-15(21-9-5-8-14(23-2)16(21)19-11)17(22)20-13-7-4-3-6-12(13)10-18/h3-9H,1-2H3,(H,20,22). The predicted molar refractivity (Wildman–Crippen MR) is 85.6 cm³/mol. The Morgan fingerprint density at radius 1 is 1.30 bits per heavy atom. The quantitative estimate of drug-likeness (QED) is 0.807. The first kappa shape index (κ1) is 14.6. The highest BCUT2D eigenvalue weighted by Gasteiger charge is 2.19. The highest BCUT2D eigenvalue weighted by atomic mass is 16.5. The molecule has 23 heavy (non-hydrogen) atoms. The fourth-order valence-electron chi connectivity index (χ4n) is 2.46. The maximum absolute atomic E-state index is 12.7. The molecule has 2 heterocycles. The molecule has 3 aromatic rings. The summed E-state index contributed by atoms with van der Waals surface area (Å²) in [6.07, 6.45) is 1.75. The summed E-state index contributed by atoms with van der Waals surface area (Å²) in [6.45, 7) is 1.76. The average Bonchev–Trinajstić information content (AvgIpc) is 2.91. The number of rotatable bonds is 3. The second-order valence-corrected chi connectivity index (χ2v) is 4.93. The maximum Gasteiger partial charge on any atom is 0.274 e. The van der Waals surface area contributed by atoms with Gasteiger partial charge in [0.25, 0.3) is 5.91 Å². The van der Waals surface area contributed by atoms with Crippen molar-refractivity contribution in [3.05, 3.63) is 59.5 Å². The van der Waals surface area contributed by atoms with Gasteiger partial charge in [-0.3, -0.25) is 9.20 Å². The van der Waals surface area contributed by atoms with E-state index in [1.807, 2.05) is 0 Å². The van der Waals surface area contributed by atoms with Crippen molar-refractivity contribution >= 4 is 17.2 Å². The van der Waals surface area contributed by atoms with Gasteiger partial charge in [-0.05, 0) is 31.2 Å². The summed E-state index contributed by atoms with van der Waals surface area (Å²) in [5.41, 5.74) is 2.45. The minimum atomic E-state index is -0.328. The topological polar surface area (TPSA) is 79.4 Å². The number of carbonyl (C=O) groups is 1. The van der Waals surface area contributed by atoms with Crippen LogP contribution in [0.1, 0.15) is 21.7 Å². The fourth-order valence-corrected chi connectivity index (χ4v) is 2.46. The molecule has 0 radical (unpaired) electrons. The number of carbonyl (C=O) groups excluding carboxylic acids is 1. The summed E-state index contributed by atoms with van der Waals surface area (Å²) in [5, 5.41) is 11.9. The molecule has 0 saturated heterocycles. The highest BCUT2D eigenvalue weighted by molar-refractivity contribution is 6.05. The van der Waals surface area contributed by atoms with Crippen molar-refractivity contribution in [3.8, 4) is 11.8 Å². The molecule has 0 aliphatic heterocycles. The van der Waals surface area contributed by atoms with Gasteiger partial charge in [0, 0.05) is 6.20 Å². The second kappa shape index (κ2) is 5.81. The van der Waals surface area contributed by atoms with Crippen molar-refractivity contribution in [1.82, 2.24) is 9.38 Å². The Bertz CT molecular complexity index is 937. The number of pyridine rings is 1. The highest BCUT2D eigenvalue weighted by Crippen LogP contribution is 2.23. The number of aryl methyl sites for hydroxylation is 1. The van der Waals surface area contributed by atoms with Crippen LogP contribution >= 0.6 is 0 Å². The van der Waals surface area contributed by atoms with E-state index in [-0.39, 0.29) is 5.91 Å². The van der Waals surface area contributed by atoms with E-state index in [9.17, 15) is 4.79 Å². The van der Waals surface area contributed by atoms with Crippen LogP contribution in [0.15, 0.2) is 42.6 Å². The summed E-state index contributed by atoms with van der Waals surface area (Å²) in [4.78, 5) is 17.1. The number of imidazole rings is 1. The summed E-state index contributed by atoms with van der Waals surface area (Å²) in [7, 11) is 1.56. The van der Waals surface area contributed by atoms with Gasteiger partial charge in [0.15, 0.2) is 11.4 Å². The Labute approximate surface area is 133 Å². The number of hydrogen-bond donors (Lipinski definition) is 1. The number of ether oxygens (including phenoxy) is 1. The second-order valence-electron chi connectivity index (χ2n) is 4.93. The monoisotopic (exact) mass is 306 g/mol. The lowest BCUT2D eigenvalue weighted by atomic mass is 10.2. The first-order chi connectivity index (χ1) is 11.2. The normalized spacial score (nSPS) is 10.3. The lowest BCUT2D eigenvalue weighted by Crippen LogP contribution is -2.16. The van der Waals surface area contributed by atoms with Gasteiger partial charge in [0.05, 0.1) is 24.1 Å². The Kier molecular flexibility index (Phi) is 3.69. The average molecular weight is 306 g/mol. The Balaban J connectivity index is 2.05. The SMILES string of the molecule is COc1cccn2c(C(=O)Nc3ccccc3C#N)c(C)nc12. The molecule has 0 aliphatic rings. The number of nitrogens with one attached hydrogen (secondary N) is 1. The molecule has 0 aliphatic carbocycles. The molecular weight excluding hydrogens is 292 g/mol. The van der Waals surface area contributed by atoms with Crippen molar-refractivity contribution in [2.45, 2.75) is 6.92 Å². The van der Waals surface area contributed by atoms with E-state index in [2.05, 4.69) is 16.4 Å². The van der Waals surface area contributed by atoms with E-state index in [1.165, 1.54) is 0 Å². The Hall–Kier alpha value is -3.33. The number of nitriles is 1. The molecular formula is C17H14N4O2. The molecule has 0 bridgehead atoms. The first-order valence-electron chi connectivity index (χ1n) is 6.98. The lowest BCUT2D eigenvalue weighted by molar-refractivity contribution is 0.102. The smallest absolute Gasteiger partial charge is 0.274 e. The predicted octanol–water partition coefficient (Wildman–Crippen LogP) is 2.78. The lowest BCUT2D eigenvalue weighted by Gasteiger charge is -2.08. The molecule has 0 spiro atoms. The zero-order valence-corrected chi connectivity index (χ0v) is 12.7. The zero-order valence-electron chi connectivity index (χ0n) is 12.7. The number of para-hydroxylation sites is 1. The van der Waals surface area contributed by atoms with Gasteiger partial charge in [-0.15, -0.1) is 0 Å². The van der Waals surface area contributed by atoms with Gasteiger partial charge in [-0.25, -0.2) is 4.98 Å². The van der Waals surface area contributed by atoms with Crippen molar-refractivity contribution in [2.75, 3.05) is 12.4 Å². The molecule has 0 fully saturated rings. The third-order valence-corrected chi connectivity index (χ3v) is 3.52. The molecule has 6 heteroatoms. The van der Waals surface area contributed by atoms with Crippen LogP contribution in [0.5, 0.6) is 5.75 Å². The summed E-state index contributed by atoms with van der Waals surface area (Å²) < 4.78 is 6.95. The van der Waals surface area contributed by atoms with Crippen LogP contribution in [0, 0.1) is 18.3 Å². The maximum atomic E-state index is 12.7. The summed E-state index contributed by atoms with van der Waals surface area (Å²) in [5.74, 6) is 0.262. The van der Waals surface area contributed by atoms with Crippen LogP contribution in [0.3, 0.4) is 0 Å². The number of methoxy groups -OCH3 is 1. The number of fused-ring (bicyclic) bond motifs is 1. The largest absolute Gasteiger partial charge is 0.493 e. The molecule has 1 N–H and O–H groups in total. The van der Waals surface area contributed by atoms with Crippen molar-refractivity contribution in [3.63, 3.8) is 0 Å². The van der Waals surface area contributed by atoms with Crippen molar-refractivity contribution in [1.29, 1.82) is 5.26 Å². The van der Waals surface area contributed by atoms with Gasteiger partial charge < -0.3 is 10.1 Å². The number of anilines is 1. The third kappa shape index (κ3) is 2.49. The third-order valence-electron chi connectivity index (χ3n) is 3.52. The minimum Gasteiger partial charge on any atom is -0.493 e. The van der Waals surface area contributed by atoms with Gasteiger partial charge in [-0.2, -0.15) is 5.26 Å². The van der Waals surface area contributed by atoms with Crippen LogP contribution in [0.25, 0.3) is 5.65 Å². The van der Waals surface area contributed by atoms with Crippen molar-refractivity contribution in [2.24, 2.45) is 0 Å². The van der Waals surface area contributed by atoms with E-state index >= 15 is 0 Å². The van der Waals surface area contributed by atoms with E-state index in [1.54, 1.807) is 61.0 Å². The molecule has 1 aromatic carbocycles. The van der Waals surface area contributed by atoms with E-state index in [4.69, 9.17) is 10.00 Å². The Morgan fingerprint density at radius 3 is 2.83 bits per heavy atom. The van der Waals surface area contributed by atoms with Crippen molar-refractivity contribution < 1.29 is 9.53 Å². The van der Waals surface area contributed by atoms with Crippen LogP contribution in [0.2, 0.25) is 0 Å². The van der Waals surface area contributed by atoms with Crippen LogP contribution in [0.4, 0.5) is 5.69 Å². The summed E-state index contributed by atoms with van der Waals surface area (Å²) in [6, 6.07) is 12.5. The van der Waals surface area contributed by atoms with Gasteiger partial charge in [0.1, 0.15) is 11.8 Å². The minimum absolute atomic E-state index is 0.328. The zero-order chi connectivity index (χ0) is 16.4. The molecule has 0 atom stereocenters. The molecule has 3 rings (SSSR count). The molecule has 2 aromatic heterocycles. The molecule has 1 amide bonds. The van der Waals surface area contributed by atoms with Crippen LogP contribution < -0.4 is 10.1 Å². The number of benzene rings is 1. The van der Waals surface area contributed by atoms with Crippen LogP contribution in [-0.2, 0) is 0 Å². The summed E-state index contributed by atoms with van der Waals surface area (Å²) >= 11 is 0. The Morgan fingerprint density at radius 2 is 2.09 bits per heavy atom. The van der Waals surface area contributed by atoms with Gasteiger partial charge >= 0.3 is 0 Å². The number of amides is 1. The molecule has 0 unspecified atom stereocenters. The first-order valence-corrected chi connectivity index (χ1v) is 6.98. The number of hydrogen-bond acceptors (Lipinski definition) is 4. The fraction of sp³-hybridized carbons (Fsp3) is 0.118. The number of aromatic nitrogens is 2. The van der Waals surface area contributed by atoms with Crippen LogP contribution in [-0.4, -0.2) is 22.4 Å². The number of nitrogens with zero attached hydrogens (tertiary/aromatic N) is 3. The van der Waals surface area contributed by atoms with Gasteiger partial charge in [-0.1, -0.05) is 12.1 Å². The molecule has 0 saturated carbocycles. The van der Waals surface area contributed by atoms with E-state index in [0.29, 0.717) is 34.0 Å². The molecule has 6 nitrogen and oxygen atoms in total. The molecule has 114 valence electrons.